The molecule has 0 amide bonds. The summed E-state index contributed by atoms with van der Waals surface area (Å²) in [5.74, 6) is 0.575. The van der Waals surface area contributed by atoms with Crippen LogP contribution in [0.4, 0.5) is 0 Å². The summed E-state index contributed by atoms with van der Waals surface area (Å²) < 4.78 is 28.0. The van der Waals surface area contributed by atoms with Gasteiger partial charge >= 0.3 is 0 Å². The lowest BCUT2D eigenvalue weighted by Crippen LogP contribution is -1.97. The molecule has 0 aliphatic carbocycles. The maximum atomic E-state index is 11.0. The fourth-order valence-electron chi connectivity index (χ4n) is 1.00. The Morgan fingerprint density at radius 3 is 2.69 bits per heavy atom. The van der Waals surface area contributed by atoms with E-state index in [1.54, 1.807) is 12.1 Å². The molecule has 0 aliphatic heterocycles. The summed E-state index contributed by atoms with van der Waals surface area (Å²) in [6, 6.07) is 4.37. The van der Waals surface area contributed by atoms with Crippen molar-refractivity contribution in [1.82, 2.24) is 0 Å². The van der Waals surface area contributed by atoms with Crippen LogP contribution in [-0.2, 0) is 9.05 Å². The summed E-state index contributed by atoms with van der Waals surface area (Å²) in [5.41, 5.74) is 0. The standard InChI is InChI=1S/C10H10BrClO3S/c1-2-3-6-15-10-5-4-8(7-9(10)11)16(12,13)14/h2,4-5,7H,1,3,6H2. The first-order valence-electron chi connectivity index (χ1n) is 4.43. The van der Waals surface area contributed by atoms with Gasteiger partial charge in [0.1, 0.15) is 5.75 Å². The first kappa shape index (κ1) is 13.5. The van der Waals surface area contributed by atoms with Crippen molar-refractivity contribution >= 4 is 35.7 Å². The van der Waals surface area contributed by atoms with Gasteiger partial charge in [-0.15, -0.1) is 6.58 Å². The lowest BCUT2D eigenvalue weighted by molar-refractivity contribution is 0.323. The monoisotopic (exact) mass is 324 g/mol. The van der Waals surface area contributed by atoms with Crippen LogP contribution in [0.5, 0.6) is 5.75 Å². The molecule has 88 valence electrons. The zero-order valence-electron chi connectivity index (χ0n) is 8.32. The topological polar surface area (TPSA) is 43.4 Å². The second-order valence-electron chi connectivity index (χ2n) is 2.96. The van der Waals surface area contributed by atoms with Gasteiger partial charge in [-0.3, -0.25) is 0 Å². The number of hydrogen-bond acceptors (Lipinski definition) is 3. The third kappa shape index (κ3) is 3.81. The third-order valence-corrected chi connectivity index (χ3v) is 3.74. The van der Waals surface area contributed by atoms with E-state index in [0.29, 0.717) is 16.8 Å². The van der Waals surface area contributed by atoms with E-state index in [4.69, 9.17) is 15.4 Å². The summed E-state index contributed by atoms with van der Waals surface area (Å²) >= 11 is 3.22. The number of hydrogen-bond donors (Lipinski definition) is 0. The van der Waals surface area contributed by atoms with Gasteiger partial charge in [0, 0.05) is 10.7 Å². The van der Waals surface area contributed by atoms with Crippen LogP contribution < -0.4 is 4.74 Å². The van der Waals surface area contributed by atoms with Crippen LogP contribution in [0, 0.1) is 0 Å². The largest absolute Gasteiger partial charge is 0.492 e. The normalized spacial score (nSPS) is 11.1. The van der Waals surface area contributed by atoms with Crippen LogP contribution in [0.2, 0.25) is 0 Å². The minimum absolute atomic E-state index is 0.0390. The fraction of sp³-hybridized carbons (Fsp3) is 0.200. The second kappa shape index (κ2) is 5.70. The van der Waals surface area contributed by atoms with Crippen molar-refractivity contribution in [3.05, 3.63) is 35.3 Å². The van der Waals surface area contributed by atoms with Crippen LogP contribution in [0.25, 0.3) is 0 Å². The molecule has 0 radical (unpaired) electrons. The molecule has 0 spiro atoms. The molecule has 0 N–H and O–H groups in total. The smallest absolute Gasteiger partial charge is 0.261 e. The molecule has 0 unspecified atom stereocenters. The Balaban J connectivity index is 2.88. The van der Waals surface area contributed by atoms with E-state index in [1.165, 1.54) is 12.1 Å². The molecular formula is C10H10BrClO3S. The zero-order chi connectivity index (χ0) is 12.2. The van der Waals surface area contributed by atoms with Crippen LogP contribution in [0.3, 0.4) is 0 Å². The van der Waals surface area contributed by atoms with Crippen molar-refractivity contribution in [2.24, 2.45) is 0 Å². The Bertz CT molecular complexity index is 485. The molecule has 16 heavy (non-hydrogen) atoms. The van der Waals surface area contributed by atoms with Gasteiger partial charge in [0.15, 0.2) is 0 Å². The van der Waals surface area contributed by atoms with Crippen molar-refractivity contribution in [3.63, 3.8) is 0 Å². The van der Waals surface area contributed by atoms with Crippen molar-refractivity contribution in [2.75, 3.05) is 6.61 Å². The average molecular weight is 326 g/mol. The van der Waals surface area contributed by atoms with E-state index < -0.39 is 9.05 Å². The van der Waals surface area contributed by atoms with E-state index in [0.717, 1.165) is 6.42 Å². The maximum absolute atomic E-state index is 11.0. The molecule has 0 fully saturated rings. The third-order valence-electron chi connectivity index (χ3n) is 1.76. The van der Waals surface area contributed by atoms with Crippen molar-refractivity contribution in [2.45, 2.75) is 11.3 Å². The summed E-state index contributed by atoms with van der Waals surface area (Å²) in [6.07, 6.45) is 2.47. The Morgan fingerprint density at radius 1 is 1.50 bits per heavy atom. The summed E-state index contributed by atoms with van der Waals surface area (Å²) in [5, 5.41) is 0. The molecule has 0 saturated carbocycles. The van der Waals surface area contributed by atoms with E-state index in [1.807, 2.05) is 0 Å². The van der Waals surface area contributed by atoms with Gasteiger partial charge < -0.3 is 4.74 Å². The van der Waals surface area contributed by atoms with Gasteiger partial charge in [-0.05, 0) is 40.5 Å². The predicted octanol–water partition coefficient (Wildman–Crippen LogP) is 3.33. The molecule has 0 saturated heterocycles. The Kier molecular flexibility index (Phi) is 4.83. The molecule has 0 bridgehead atoms. The lowest BCUT2D eigenvalue weighted by Gasteiger charge is -2.07. The summed E-state index contributed by atoms with van der Waals surface area (Å²) in [4.78, 5) is 0.0390. The molecule has 0 aliphatic rings. The van der Waals surface area contributed by atoms with Gasteiger partial charge in [-0.25, -0.2) is 8.42 Å². The Hall–Kier alpha value is -0.520. The summed E-state index contributed by atoms with van der Waals surface area (Å²) in [6.45, 7) is 4.07. The maximum Gasteiger partial charge on any atom is 0.261 e. The first-order chi connectivity index (χ1) is 7.45. The highest BCUT2D eigenvalue weighted by Gasteiger charge is 2.12. The second-order valence-corrected chi connectivity index (χ2v) is 6.38. The highest BCUT2D eigenvalue weighted by molar-refractivity contribution is 9.10. The number of rotatable bonds is 5. The van der Waals surface area contributed by atoms with Gasteiger partial charge in [0.25, 0.3) is 9.05 Å². The van der Waals surface area contributed by atoms with Gasteiger partial charge in [-0.1, -0.05) is 6.08 Å². The van der Waals surface area contributed by atoms with Crippen LogP contribution in [0.15, 0.2) is 40.2 Å². The van der Waals surface area contributed by atoms with Crippen molar-refractivity contribution in [3.8, 4) is 5.75 Å². The minimum atomic E-state index is -3.70. The predicted molar refractivity (Wildman–Crippen MR) is 67.5 cm³/mol. The molecule has 1 aromatic rings. The minimum Gasteiger partial charge on any atom is -0.492 e. The Morgan fingerprint density at radius 2 is 2.19 bits per heavy atom. The highest BCUT2D eigenvalue weighted by Crippen LogP contribution is 2.29. The first-order valence-corrected chi connectivity index (χ1v) is 7.53. The Labute approximate surface area is 108 Å². The molecular weight excluding hydrogens is 316 g/mol. The zero-order valence-corrected chi connectivity index (χ0v) is 11.5. The quantitative estimate of drug-likeness (QED) is 0.474. The molecule has 1 rings (SSSR count). The van der Waals surface area contributed by atoms with Crippen LogP contribution >= 0.6 is 26.6 Å². The lowest BCUT2D eigenvalue weighted by atomic mass is 10.3. The fourth-order valence-corrected chi connectivity index (χ4v) is 2.42. The van der Waals surface area contributed by atoms with E-state index in [-0.39, 0.29) is 4.90 Å². The molecule has 1 aromatic carbocycles. The number of halogens is 2. The molecule has 0 aromatic heterocycles. The van der Waals surface area contributed by atoms with E-state index in [9.17, 15) is 8.42 Å². The van der Waals surface area contributed by atoms with Gasteiger partial charge in [0.05, 0.1) is 16.0 Å². The average Bonchev–Trinajstić information content (AvgIpc) is 2.19. The molecule has 0 atom stereocenters. The van der Waals surface area contributed by atoms with E-state index >= 15 is 0 Å². The van der Waals surface area contributed by atoms with Gasteiger partial charge in [-0.2, -0.15) is 0 Å². The number of benzene rings is 1. The molecule has 3 nitrogen and oxygen atoms in total. The SMILES string of the molecule is C=CCCOc1ccc(S(=O)(=O)Cl)cc1Br. The highest BCUT2D eigenvalue weighted by atomic mass is 79.9. The van der Waals surface area contributed by atoms with E-state index in [2.05, 4.69) is 22.5 Å². The number of ether oxygens (including phenoxy) is 1. The van der Waals surface area contributed by atoms with Crippen LogP contribution in [-0.4, -0.2) is 15.0 Å². The summed E-state index contributed by atoms with van der Waals surface area (Å²) in [7, 11) is 1.51. The molecule has 6 heteroatoms. The van der Waals surface area contributed by atoms with Crippen molar-refractivity contribution in [1.29, 1.82) is 0 Å². The van der Waals surface area contributed by atoms with Crippen molar-refractivity contribution < 1.29 is 13.2 Å². The van der Waals surface area contributed by atoms with Gasteiger partial charge in [0.2, 0.25) is 0 Å². The molecule has 0 heterocycles. The van der Waals surface area contributed by atoms with Crippen LogP contribution in [0.1, 0.15) is 6.42 Å².